The molecule has 1 aliphatic rings. The van der Waals surface area contributed by atoms with Crippen LogP contribution in [-0.2, 0) is 6.54 Å². The highest BCUT2D eigenvalue weighted by Crippen LogP contribution is 2.33. The molecule has 0 spiro atoms. The minimum atomic E-state index is 0.262. The summed E-state index contributed by atoms with van der Waals surface area (Å²) >= 11 is 0. The number of hydrogen-bond acceptors (Lipinski definition) is 6. The number of nitrogens with zero attached hydrogens (tertiary/aromatic N) is 3. The number of anilines is 1. The lowest BCUT2D eigenvalue weighted by atomic mass is 10.1. The maximum Gasteiger partial charge on any atom is 0.231 e. The normalized spacial score (nSPS) is 12.1. The van der Waals surface area contributed by atoms with E-state index in [-0.39, 0.29) is 6.79 Å². The summed E-state index contributed by atoms with van der Waals surface area (Å²) in [6.45, 7) is 0.857. The lowest BCUT2D eigenvalue weighted by molar-refractivity contribution is 0.174. The van der Waals surface area contributed by atoms with E-state index in [1.54, 1.807) is 7.11 Å². The molecule has 34 heavy (non-hydrogen) atoms. The summed E-state index contributed by atoms with van der Waals surface area (Å²) in [4.78, 5) is 4.89. The summed E-state index contributed by atoms with van der Waals surface area (Å²) in [5, 5.41) is 8.39. The number of hydrogen-bond donors (Lipinski definition) is 1. The van der Waals surface area contributed by atoms with Gasteiger partial charge < -0.3 is 19.5 Å². The SMILES string of the molecule is COc1cccc(-c2cc3nc(-c4ccccc4)cc(NCc4ccc5c(c4)OCO5)n3n2)c1. The van der Waals surface area contributed by atoms with Gasteiger partial charge in [-0.1, -0.05) is 48.5 Å². The number of nitrogens with one attached hydrogen (secondary N) is 1. The Balaban J connectivity index is 1.40. The molecular formula is C27H22N4O3. The Kier molecular flexibility index (Phi) is 4.99. The number of fused-ring (bicyclic) bond motifs is 2. The summed E-state index contributed by atoms with van der Waals surface area (Å²) in [7, 11) is 1.66. The quantitative estimate of drug-likeness (QED) is 0.373. The van der Waals surface area contributed by atoms with Gasteiger partial charge in [-0.2, -0.15) is 9.61 Å². The van der Waals surface area contributed by atoms with Crippen molar-refractivity contribution >= 4 is 11.5 Å². The van der Waals surface area contributed by atoms with Crippen molar-refractivity contribution in [3.05, 3.63) is 90.5 Å². The van der Waals surface area contributed by atoms with E-state index in [9.17, 15) is 0 Å². The second kappa shape index (κ2) is 8.44. The van der Waals surface area contributed by atoms with Gasteiger partial charge in [0.2, 0.25) is 6.79 Å². The molecule has 5 aromatic rings. The Labute approximate surface area is 196 Å². The van der Waals surface area contributed by atoms with Crippen LogP contribution in [0.5, 0.6) is 17.2 Å². The molecule has 3 heterocycles. The summed E-state index contributed by atoms with van der Waals surface area (Å²) in [6, 6.07) is 28.0. The van der Waals surface area contributed by atoms with Crippen molar-refractivity contribution in [2.45, 2.75) is 6.54 Å². The van der Waals surface area contributed by atoms with Gasteiger partial charge in [-0.25, -0.2) is 4.98 Å². The van der Waals surface area contributed by atoms with Crippen LogP contribution in [0.15, 0.2) is 84.9 Å². The predicted molar refractivity (Wildman–Crippen MR) is 130 cm³/mol. The van der Waals surface area contributed by atoms with Gasteiger partial charge in [-0.05, 0) is 29.8 Å². The zero-order valence-electron chi connectivity index (χ0n) is 18.6. The van der Waals surface area contributed by atoms with Crippen LogP contribution in [-0.4, -0.2) is 28.5 Å². The smallest absolute Gasteiger partial charge is 0.231 e. The lowest BCUT2D eigenvalue weighted by Crippen LogP contribution is -2.06. The summed E-state index contributed by atoms with van der Waals surface area (Å²) in [5.74, 6) is 3.17. The van der Waals surface area contributed by atoms with E-state index in [0.29, 0.717) is 6.54 Å². The molecule has 0 unspecified atom stereocenters. The van der Waals surface area contributed by atoms with Crippen molar-refractivity contribution in [1.29, 1.82) is 0 Å². The molecule has 2 aromatic heterocycles. The molecule has 0 aliphatic carbocycles. The predicted octanol–water partition coefficient (Wildman–Crippen LogP) is 5.41. The zero-order valence-corrected chi connectivity index (χ0v) is 18.6. The molecule has 0 fully saturated rings. The number of methoxy groups -OCH3 is 1. The Morgan fingerprint density at radius 3 is 2.59 bits per heavy atom. The Hall–Kier alpha value is -4.52. The Morgan fingerprint density at radius 2 is 1.71 bits per heavy atom. The highest BCUT2D eigenvalue weighted by atomic mass is 16.7. The van der Waals surface area contributed by atoms with Gasteiger partial charge in [0.25, 0.3) is 0 Å². The minimum Gasteiger partial charge on any atom is -0.497 e. The fraction of sp³-hybridized carbons (Fsp3) is 0.111. The summed E-state index contributed by atoms with van der Waals surface area (Å²) < 4.78 is 18.2. The van der Waals surface area contributed by atoms with Crippen LogP contribution in [0.3, 0.4) is 0 Å². The van der Waals surface area contributed by atoms with Gasteiger partial charge >= 0.3 is 0 Å². The molecular weight excluding hydrogens is 428 g/mol. The average molecular weight is 450 g/mol. The van der Waals surface area contributed by atoms with Gasteiger partial charge in [0.05, 0.1) is 18.5 Å². The topological polar surface area (TPSA) is 69.9 Å². The van der Waals surface area contributed by atoms with Crippen molar-refractivity contribution in [3.63, 3.8) is 0 Å². The van der Waals surface area contributed by atoms with Crippen LogP contribution in [0.4, 0.5) is 5.82 Å². The standard InChI is InChI=1S/C27H22N4O3/c1-32-21-9-5-8-20(13-21)23-15-27-29-22(19-6-3-2-4-7-19)14-26(31(27)30-23)28-16-18-10-11-24-25(12-18)34-17-33-24/h2-15,28H,16-17H2,1H3. The van der Waals surface area contributed by atoms with Crippen molar-refractivity contribution < 1.29 is 14.2 Å². The van der Waals surface area contributed by atoms with Crippen molar-refractivity contribution in [2.24, 2.45) is 0 Å². The van der Waals surface area contributed by atoms with Crippen LogP contribution in [0, 0.1) is 0 Å². The largest absolute Gasteiger partial charge is 0.497 e. The highest BCUT2D eigenvalue weighted by Gasteiger charge is 2.15. The van der Waals surface area contributed by atoms with E-state index in [1.807, 2.05) is 77.3 Å². The second-order valence-electron chi connectivity index (χ2n) is 7.97. The molecule has 0 atom stereocenters. The van der Waals surface area contributed by atoms with Crippen molar-refractivity contribution in [3.8, 4) is 39.8 Å². The number of aromatic nitrogens is 3. The minimum absolute atomic E-state index is 0.262. The van der Waals surface area contributed by atoms with Crippen LogP contribution < -0.4 is 19.5 Å². The first-order chi connectivity index (χ1) is 16.8. The molecule has 0 amide bonds. The monoisotopic (exact) mass is 450 g/mol. The maximum atomic E-state index is 5.52. The Morgan fingerprint density at radius 1 is 0.853 bits per heavy atom. The fourth-order valence-electron chi connectivity index (χ4n) is 4.02. The first-order valence-corrected chi connectivity index (χ1v) is 11.0. The molecule has 3 aromatic carbocycles. The van der Waals surface area contributed by atoms with Gasteiger partial charge in [-0.15, -0.1) is 0 Å². The first-order valence-electron chi connectivity index (χ1n) is 11.0. The molecule has 0 radical (unpaired) electrons. The third-order valence-corrected chi connectivity index (χ3v) is 5.77. The molecule has 0 saturated carbocycles. The molecule has 0 bridgehead atoms. The van der Waals surface area contributed by atoms with Crippen LogP contribution in [0.25, 0.3) is 28.2 Å². The highest BCUT2D eigenvalue weighted by molar-refractivity contribution is 5.71. The molecule has 1 aliphatic heterocycles. The zero-order chi connectivity index (χ0) is 22.9. The van der Waals surface area contributed by atoms with E-state index in [4.69, 9.17) is 24.3 Å². The van der Waals surface area contributed by atoms with Crippen molar-refractivity contribution in [1.82, 2.24) is 14.6 Å². The summed E-state index contributed by atoms with van der Waals surface area (Å²) in [5.41, 5.74) is 5.54. The van der Waals surface area contributed by atoms with E-state index in [2.05, 4.69) is 17.4 Å². The average Bonchev–Trinajstić information content (AvgIpc) is 3.54. The van der Waals surface area contributed by atoms with E-state index in [1.165, 1.54) is 0 Å². The van der Waals surface area contributed by atoms with Crippen LogP contribution >= 0.6 is 0 Å². The van der Waals surface area contributed by atoms with Crippen LogP contribution in [0.1, 0.15) is 5.56 Å². The molecule has 1 N–H and O–H groups in total. The first kappa shape index (κ1) is 20.1. The number of rotatable bonds is 6. The molecule has 7 heteroatoms. The third kappa shape index (κ3) is 3.77. The second-order valence-corrected chi connectivity index (χ2v) is 7.97. The van der Waals surface area contributed by atoms with Gasteiger partial charge in [0.1, 0.15) is 11.6 Å². The molecule has 7 nitrogen and oxygen atoms in total. The molecule has 168 valence electrons. The van der Waals surface area contributed by atoms with Gasteiger partial charge in [0, 0.05) is 29.8 Å². The summed E-state index contributed by atoms with van der Waals surface area (Å²) in [6.07, 6.45) is 0. The van der Waals surface area contributed by atoms with E-state index < -0.39 is 0 Å². The van der Waals surface area contributed by atoms with Crippen LogP contribution in [0.2, 0.25) is 0 Å². The lowest BCUT2D eigenvalue weighted by Gasteiger charge is -2.11. The number of ether oxygens (including phenoxy) is 3. The fourth-order valence-corrected chi connectivity index (χ4v) is 4.02. The van der Waals surface area contributed by atoms with Gasteiger partial charge in [-0.3, -0.25) is 0 Å². The molecule has 0 saturated heterocycles. The Bertz CT molecular complexity index is 1480. The molecule has 6 rings (SSSR count). The van der Waals surface area contributed by atoms with Crippen molar-refractivity contribution in [2.75, 3.05) is 19.2 Å². The van der Waals surface area contributed by atoms with Gasteiger partial charge in [0.15, 0.2) is 17.1 Å². The maximum absolute atomic E-state index is 5.52. The van der Waals surface area contributed by atoms with E-state index in [0.717, 1.165) is 56.8 Å². The number of benzene rings is 3. The third-order valence-electron chi connectivity index (χ3n) is 5.77. The van der Waals surface area contributed by atoms with E-state index >= 15 is 0 Å².